The van der Waals surface area contributed by atoms with E-state index in [4.69, 9.17) is 9.47 Å². The molecule has 1 rings (SSSR count). The average Bonchev–Trinajstić information content (AvgIpc) is 2.93. The predicted molar refractivity (Wildman–Crippen MR) is 76.9 cm³/mol. The topological polar surface area (TPSA) is 18.5 Å². The second kappa shape index (κ2) is 8.92. The molecule has 0 radical (unpaired) electrons. The van der Waals surface area contributed by atoms with Gasteiger partial charge in [0.15, 0.2) is 0 Å². The van der Waals surface area contributed by atoms with Crippen molar-refractivity contribution in [2.24, 2.45) is 11.3 Å². The summed E-state index contributed by atoms with van der Waals surface area (Å²) in [5.74, 6) is 0.821. The zero-order valence-corrected chi connectivity index (χ0v) is 12.7. The SMILES string of the molecule is CCCCC(COCC)(COCC)C1CCCC1. The van der Waals surface area contributed by atoms with Crippen molar-refractivity contribution in [3.05, 3.63) is 0 Å². The summed E-state index contributed by atoms with van der Waals surface area (Å²) < 4.78 is 11.7. The van der Waals surface area contributed by atoms with E-state index in [1.807, 2.05) is 0 Å². The van der Waals surface area contributed by atoms with Crippen LogP contribution in [0.15, 0.2) is 0 Å². The molecule has 0 unspecified atom stereocenters. The molecule has 2 nitrogen and oxygen atoms in total. The van der Waals surface area contributed by atoms with E-state index in [1.54, 1.807) is 0 Å². The fraction of sp³-hybridized carbons (Fsp3) is 1.00. The van der Waals surface area contributed by atoms with Gasteiger partial charge in [0.05, 0.1) is 13.2 Å². The van der Waals surface area contributed by atoms with Gasteiger partial charge in [-0.25, -0.2) is 0 Å². The van der Waals surface area contributed by atoms with Crippen LogP contribution in [0.25, 0.3) is 0 Å². The van der Waals surface area contributed by atoms with Gasteiger partial charge in [-0.3, -0.25) is 0 Å². The van der Waals surface area contributed by atoms with Crippen LogP contribution in [0.1, 0.15) is 65.7 Å². The van der Waals surface area contributed by atoms with Crippen molar-refractivity contribution < 1.29 is 9.47 Å². The summed E-state index contributed by atoms with van der Waals surface area (Å²) in [7, 11) is 0. The number of rotatable bonds is 10. The summed E-state index contributed by atoms with van der Waals surface area (Å²) in [6, 6.07) is 0. The zero-order chi connectivity index (χ0) is 13.3. The third-order valence-corrected chi connectivity index (χ3v) is 4.44. The Kier molecular flexibility index (Phi) is 7.92. The standard InChI is InChI=1S/C16H32O2/c1-4-7-12-16(13-17-5-2,14-18-6-3)15-10-8-9-11-15/h15H,4-14H2,1-3H3. The quantitative estimate of drug-likeness (QED) is 0.576. The number of ether oxygens (including phenoxy) is 2. The first-order chi connectivity index (χ1) is 8.79. The Bertz CT molecular complexity index is 175. The Morgan fingerprint density at radius 2 is 1.50 bits per heavy atom. The first-order valence-electron chi connectivity index (χ1n) is 7.94. The second-order valence-corrected chi connectivity index (χ2v) is 5.72. The zero-order valence-electron chi connectivity index (χ0n) is 12.7. The maximum atomic E-state index is 5.83. The van der Waals surface area contributed by atoms with Crippen LogP contribution in [0.4, 0.5) is 0 Å². The molecule has 0 atom stereocenters. The lowest BCUT2D eigenvalue weighted by atomic mass is 9.72. The minimum atomic E-state index is 0.290. The van der Waals surface area contributed by atoms with Gasteiger partial charge in [0.1, 0.15) is 0 Å². The van der Waals surface area contributed by atoms with Crippen LogP contribution in [-0.4, -0.2) is 26.4 Å². The van der Waals surface area contributed by atoms with Crippen molar-refractivity contribution >= 4 is 0 Å². The van der Waals surface area contributed by atoms with Crippen LogP contribution in [0.5, 0.6) is 0 Å². The first-order valence-corrected chi connectivity index (χ1v) is 7.94. The highest BCUT2D eigenvalue weighted by molar-refractivity contribution is 4.89. The van der Waals surface area contributed by atoms with Crippen LogP contribution in [0.2, 0.25) is 0 Å². The highest BCUT2D eigenvalue weighted by atomic mass is 16.5. The van der Waals surface area contributed by atoms with Crippen molar-refractivity contribution in [2.45, 2.75) is 65.7 Å². The van der Waals surface area contributed by atoms with E-state index in [-0.39, 0.29) is 0 Å². The average molecular weight is 256 g/mol. The van der Waals surface area contributed by atoms with Gasteiger partial charge in [0.2, 0.25) is 0 Å². The van der Waals surface area contributed by atoms with Gasteiger partial charge in [-0.2, -0.15) is 0 Å². The maximum Gasteiger partial charge on any atom is 0.0547 e. The van der Waals surface area contributed by atoms with Crippen LogP contribution in [0.3, 0.4) is 0 Å². The summed E-state index contributed by atoms with van der Waals surface area (Å²) >= 11 is 0. The van der Waals surface area contributed by atoms with Gasteiger partial charge in [-0.15, -0.1) is 0 Å². The minimum absolute atomic E-state index is 0.290. The molecule has 0 N–H and O–H groups in total. The molecule has 0 aromatic carbocycles. The van der Waals surface area contributed by atoms with E-state index in [9.17, 15) is 0 Å². The lowest BCUT2D eigenvalue weighted by Gasteiger charge is -2.39. The maximum absolute atomic E-state index is 5.83. The van der Waals surface area contributed by atoms with Gasteiger partial charge in [0, 0.05) is 18.6 Å². The molecule has 0 saturated heterocycles. The van der Waals surface area contributed by atoms with E-state index in [2.05, 4.69) is 20.8 Å². The molecule has 1 aliphatic rings. The van der Waals surface area contributed by atoms with Crippen molar-refractivity contribution in [3.8, 4) is 0 Å². The van der Waals surface area contributed by atoms with E-state index < -0.39 is 0 Å². The van der Waals surface area contributed by atoms with Crippen LogP contribution in [-0.2, 0) is 9.47 Å². The van der Waals surface area contributed by atoms with Crippen molar-refractivity contribution in [3.63, 3.8) is 0 Å². The minimum Gasteiger partial charge on any atom is -0.381 e. The molecule has 0 spiro atoms. The molecule has 0 bridgehead atoms. The van der Waals surface area contributed by atoms with E-state index in [0.717, 1.165) is 32.3 Å². The molecule has 1 aliphatic carbocycles. The molecular formula is C16H32O2. The van der Waals surface area contributed by atoms with Gasteiger partial charge < -0.3 is 9.47 Å². The molecule has 2 heteroatoms. The van der Waals surface area contributed by atoms with E-state index in [1.165, 1.54) is 44.9 Å². The molecule has 1 saturated carbocycles. The van der Waals surface area contributed by atoms with Gasteiger partial charge >= 0.3 is 0 Å². The summed E-state index contributed by atoms with van der Waals surface area (Å²) in [6.07, 6.45) is 9.40. The number of unbranched alkanes of at least 4 members (excludes halogenated alkanes) is 1. The Morgan fingerprint density at radius 3 is 1.94 bits per heavy atom. The van der Waals surface area contributed by atoms with Gasteiger partial charge in [-0.1, -0.05) is 32.6 Å². The molecule has 0 amide bonds. The Hall–Kier alpha value is -0.0800. The van der Waals surface area contributed by atoms with E-state index >= 15 is 0 Å². The first kappa shape index (κ1) is 16.0. The molecule has 0 aliphatic heterocycles. The lowest BCUT2D eigenvalue weighted by Crippen LogP contribution is -2.39. The molecule has 108 valence electrons. The highest BCUT2D eigenvalue weighted by Gasteiger charge is 2.40. The Labute approximate surface area is 113 Å². The fourth-order valence-electron chi connectivity index (χ4n) is 3.30. The largest absolute Gasteiger partial charge is 0.381 e. The molecule has 0 aromatic rings. The summed E-state index contributed by atoms with van der Waals surface area (Å²) in [5.41, 5.74) is 0.290. The molecule has 0 aromatic heterocycles. The van der Waals surface area contributed by atoms with Gasteiger partial charge in [-0.05, 0) is 39.0 Å². The monoisotopic (exact) mass is 256 g/mol. The molecular weight excluding hydrogens is 224 g/mol. The van der Waals surface area contributed by atoms with Crippen molar-refractivity contribution in [1.82, 2.24) is 0 Å². The molecule has 1 fully saturated rings. The highest BCUT2D eigenvalue weighted by Crippen LogP contribution is 2.44. The summed E-state index contributed by atoms with van der Waals surface area (Å²) in [5, 5.41) is 0. The lowest BCUT2D eigenvalue weighted by molar-refractivity contribution is -0.0561. The number of hydrogen-bond donors (Lipinski definition) is 0. The van der Waals surface area contributed by atoms with Crippen LogP contribution in [0, 0.1) is 11.3 Å². The van der Waals surface area contributed by atoms with Crippen molar-refractivity contribution in [2.75, 3.05) is 26.4 Å². The fourth-order valence-corrected chi connectivity index (χ4v) is 3.30. The van der Waals surface area contributed by atoms with Crippen molar-refractivity contribution in [1.29, 1.82) is 0 Å². The third-order valence-electron chi connectivity index (χ3n) is 4.44. The molecule has 18 heavy (non-hydrogen) atoms. The smallest absolute Gasteiger partial charge is 0.0547 e. The predicted octanol–water partition coefficient (Wildman–Crippen LogP) is 4.43. The normalized spacial score (nSPS) is 17.5. The number of hydrogen-bond acceptors (Lipinski definition) is 2. The van der Waals surface area contributed by atoms with E-state index in [0.29, 0.717) is 5.41 Å². The summed E-state index contributed by atoms with van der Waals surface area (Å²) in [6.45, 7) is 9.92. The van der Waals surface area contributed by atoms with Gasteiger partial charge in [0.25, 0.3) is 0 Å². The third kappa shape index (κ3) is 4.55. The Morgan fingerprint density at radius 1 is 0.944 bits per heavy atom. The Balaban J connectivity index is 2.68. The van der Waals surface area contributed by atoms with Crippen LogP contribution >= 0.6 is 0 Å². The van der Waals surface area contributed by atoms with Crippen LogP contribution < -0.4 is 0 Å². The summed E-state index contributed by atoms with van der Waals surface area (Å²) in [4.78, 5) is 0. The molecule has 0 heterocycles. The second-order valence-electron chi connectivity index (χ2n) is 5.72.